The smallest absolute Gasteiger partial charge is 0.274 e. The number of anilines is 2. The van der Waals surface area contributed by atoms with Crippen LogP contribution in [0.15, 0.2) is 42.6 Å². The van der Waals surface area contributed by atoms with E-state index in [9.17, 15) is 9.18 Å². The second kappa shape index (κ2) is 10.3. The largest absolute Gasteiger partial charge is 0.496 e. The summed E-state index contributed by atoms with van der Waals surface area (Å²) in [7, 11) is 1.43. The number of rotatable bonds is 8. The topological polar surface area (TPSA) is 91.4 Å². The first-order chi connectivity index (χ1) is 18.5. The fourth-order valence-electron chi connectivity index (χ4n) is 5.48. The highest BCUT2D eigenvalue weighted by molar-refractivity contribution is 6.05. The Labute approximate surface area is 219 Å². The van der Waals surface area contributed by atoms with E-state index in [4.69, 9.17) is 4.74 Å². The number of fused-ring (bicyclic) bond motifs is 2. The molecule has 2 aromatic carbocycles. The van der Waals surface area contributed by atoms with Crippen LogP contribution in [0.1, 0.15) is 41.7 Å². The Morgan fingerprint density at radius 2 is 2.08 bits per heavy atom. The van der Waals surface area contributed by atoms with E-state index >= 15 is 4.39 Å². The number of hydrogen-bond acceptors (Lipinski definition) is 7. The highest BCUT2D eigenvalue weighted by atomic mass is 19.1. The molecule has 3 aromatic rings. The Hall–Kier alpha value is -3.63. The molecule has 3 fully saturated rings. The van der Waals surface area contributed by atoms with Crippen molar-refractivity contribution < 1.29 is 18.3 Å². The summed E-state index contributed by atoms with van der Waals surface area (Å²) in [6, 6.07) is 10.2. The van der Waals surface area contributed by atoms with E-state index in [2.05, 4.69) is 30.8 Å². The van der Waals surface area contributed by atoms with E-state index in [-0.39, 0.29) is 34.7 Å². The Kier molecular flexibility index (Phi) is 6.67. The van der Waals surface area contributed by atoms with Crippen LogP contribution in [-0.2, 0) is 6.54 Å². The summed E-state index contributed by atoms with van der Waals surface area (Å²) in [5, 5.41) is 9.78. The van der Waals surface area contributed by atoms with Gasteiger partial charge in [0.1, 0.15) is 23.1 Å². The van der Waals surface area contributed by atoms with Gasteiger partial charge in [0.05, 0.1) is 24.0 Å². The molecule has 10 heteroatoms. The Bertz CT molecular complexity index is 1370. The monoisotopic (exact) mass is 520 g/mol. The van der Waals surface area contributed by atoms with Crippen molar-refractivity contribution in [1.82, 2.24) is 20.6 Å². The molecule has 0 radical (unpaired) electrons. The number of methoxy groups -OCH3 is 1. The lowest BCUT2D eigenvalue weighted by Gasteiger charge is -2.32. The Morgan fingerprint density at radius 1 is 1.21 bits per heavy atom. The normalized spacial score (nSPS) is 20.4. The number of piperazine rings is 1. The zero-order valence-corrected chi connectivity index (χ0v) is 21.1. The molecule has 1 aliphatic carbocycles. The summed E-state index contributed by atoms with van der Waals surface area (Å²) >= 11 is 0. The average molecular weight is 521 g/mol. The first-order valence-electron chi connectivity index (χ1n) is 13.0. The van der Waals surface area contributed by atoms with Crippen molar-refractivity contribution in [1.29, 1.82) is 0 Å². The van der Waals surface area contributed by atoms with Crippen LogP contribution >= 0.6 is 0 Å². The molecule has 6 rings (SSSR count). The number of nitrogens with zero attached hydrogens (tertiary/aromatic N) is 3. The van der Waals surface area contributed by atoms with E-state index < -0.39 is 11.7 Å². The fraction of sp³-hybridized carbons (Fsp3) is 0.393. The summed E-state index contributed by atoms with van der Waals surface area (Å²) in [4.78, 5) is 24.0. The Morgan fingerprint density at radius 3 is 2.79 bits per heavy atom. The van der Waals surface area contributed by atoms with E-state index in [0.29, 0.717) is 29.9 Å². The molecule has 0 spiro atoms. The predicted octanol–water partition coefficient (Wildman–Crippen LogP) is 3.88. The maximum atomic E-state index is 15.2. The molecule has 2 atom stereocenters. The first-order valence-corrected chi connectivity index (χ1v) is 13.0. The molecule has 2 aliphatic heterocycles. The zero-order chi connectivity index (χ0) is 26.2. The van der Waals surface area contributed by atoms with Gasteiger partial charge in [0.25, 0.3) is 5.91 Å². The lowest BCUT2D eigenvalue weighted by molar-refractivity contribution is 0.102. The average Bonchev–Trinajstić information content (AvgIpc) is 3.53. The van der Waals surface area contributed by atoms with Gasteiger partial charge in [-0.2, -0.15) is 0 Å². The summed E-state index contributed by atoms with van der Waals surface area (Å²) in [5.41, 5.74) is 1.86. The minimum Gasteiger partial charge on any atom is -0.496 e. The van der Waals surface area contributed by atoms with Gasteiger partial charge >= 0.3 is 0 Å². The van der Waals surface area contributed by atoms with Gasteiger partial charge in [0.15, 0.2) is 5.82 Å². The molecule has 8 nitrogen and oxygen atoms in total. The maximum Gasteiger partial charge on any atom is 0.274 e. The minimum absolute atomic E-state index is 0.0272. The number of amides is 1. The third-order valence-electron chi connectivity index (χ3n) is 7.77. The van der Waals surface area contributed by atoms with Crippen molar-refractivity contribution in [2.24, 2.45) is 0 Å². The standard InChI is InChI=1S/C28H30F2N6O2/c1-38-25-7-3-6-20(29)26(25)27-31-9-8-22(34-27)28(37)35-23-12-21(30)16(13-32-17-4-2-5-17)10-24(23)36-15-18-11-19(36)14-33-18/h3,6-10,12,17-19,32-33H,2,4-5,11,13-15H2,1H3,(H,35,37)/t18-,19-/m0/s1. The van der Waals surface area contributed by atoms with Crippen LogP contribution in [0.4, 0.5) is 20.2 Å². The summed E-state index contributed by atoms with van der Waals surface area (Å²) in [6.07, 6.45) is 5.84. The highest BCUT2D eigenvalue weighted by Gasteiger charge is 2.39. The van der Waals surface area contributed by atoms with Crippen LogP contribution in [0, 0.1) is 11.6 Å². The number of carbonyl (C=O) groups excluding carboxylic acids is 1. The van der Waals surface area contributed by atoms with Gasteiger partial charge in [-0.25, -0.2) is 18.7 Å². The number of benzene rings is 2. The van der Waals surface area contributed by atoms with Gasteiger partial charge in [-0.3, -0.25) is 4.79 Å². The van der Waals surface area contributed by atoms with Gasteiger partial charge in [-0.05, 0) is 49.6 Å². The molecule has 198 valence electrons. The van der Waals surface area contributed by atoms with E-state index in [1.165, 1.54) is 44.0 Å². The van der Waals surface area contributed by atoms with Crippen LogP contribution in [0.25, 0.3) is 11.4 Å². The fourth-order valence-corrected chi connectivity index (χ4v) is 5.48. The number of hydrogen-bond donors (Lipinski definition) is 3. The van der Waals surface area contributed by atoms with Crippen LogP contribution in [0.2, 0.25) is 0 Å². The van der Waals surface area contributed by atoms with Crippen molar-refractivity contribution in [2.75, 3.05) is 30.4 Å². The third kappa shape index (κ3) is 4.69. The van der Waals surface area contributed by atoms with E-state index in [0.717, 1.165) is 38.0 Å². The number of ether oxygens (including phenoxy) is 1. The quantitative estimate of drug-likeness (QED) is 0.415. The van der Waals surface area contributed by atoms with Gasteiger partial charge < -0.3 is 25.6 Å². The van der Waals surface area contributed by atoms with Gasteiger partial charge in [-0.15, -0.1) is 0 Å². The SMILES string of the molecule is COc1cccc(F)c1-c1nccc(C(=O)Nc2cc(F)c(CNC3CCC3)cc2N2C[C@@H]3C[C@H]2CN3)n1. The molecule has 1 amide bonds. The number of carbonyl (C=O) groups is 1. The van der Waals surface area contributed by atoms with E-state index in [1.807, 2.05) is 6.07 Å². The molecule has 2 saturated heterocycles. The van der Waals surface area contributed by atoms with Crippen molar-refractivity contribution >= 4 is 17.3 Å². The summed E-state index contributed by atoms with van der Waals surface area (Å²) < 4.78 is 35.1. The van der Waals surface area contributed by atoms with Crippen molar-refractivity contribution in [3.05, 3.63) is 65.5 Å². The molecule has 2 bridgehead atoms. The molecule has 38 heavy (non-hydrogen) atoms. The van der Waals surface area contributed by atoms with Crippen LogP contribution in [0.5, 0.6) is 5.75 Å². The molecular formula is C28H30F2N6O2. The highest BCUT2D eigenvalue weighted by Crippen LogP contribution is 2.37. The summed E-state index contributed by atoms with van der Waals surface area (Å²) in [6.45, 7) is 2.09. The van der Waals surface area contributed by atoms with Crippen molar-refractivity contribution in [3.63, 3.8) is 0 Å². The minimum atomic E-state index is -0.560. The lowest BCUT2D eigenvalue weighted by atomic mass is 9.93. The molecule has 3 aliphatic rings. The molecule has 0 unspecified atom stereocenters. The lowest BCUT2D eigenvalue weighted by Crippen LogP contribution is -2.44. The number of halogens is 2. The number of aromatic nitrogens is 2. The maximum absolute atomic E-state index is 15.2. The van der Waals surface area contributed by atoms with E-state index in [1.54, 1.807) is 6.07 Å². The first kappa shape index (κ1) is 24.7. The molecule has 1 aromatic heterocycles. The van der Waals surface area contributed by atoms with Crippen LogP contribution < -0.4 is 25.6 Å². The summed E-state index contributed by atoms with van der Waals surface area (Å²) in [5.74, 6) is -1.18. The van der Waals surface area contributed by atoms with Crippen molar-refractivity contribution in [3.8, 4) is 17.1 Å². The molecule has 1 saturated carbocycles. The number of nitrogens with one attached hydrogen (secondary N) is 3. The van der Waals surface area contributed by atoms with Crippen molar-refractivity contribution in [2.45, 2.75) is 50.4 Å². The molecule has 3 N–H and O–H groups in total. The Balaban J connectivity index is 1.30. The third-order valence-corrected chi connectivity index (χ3v) is 7.77. The molecular weight excluding hydrogens is 490 g/mol. The second-order valence-corrected chi connectivity index (χ2v) is 10.2. The van der Waals surface area contributed by atoms with Gasteiger partial charge in [0.2, 0.25) is 0 Å². The second-order valence-electron chi connectivity index (χ2n) is 10.2. The van der Waals surface area contributed by atoms with Crippen LogP contribution in [0.3, 0.4) is 0 Å². The predicted molar refractivity (Wildman–Crippen MR) is 140 cm³/mol. The van der Waals surface area contributed by atoms with Gasteiger partial charge in [0, 0.05) is 49.5 Å². The van der Waals surface area contributed by atoms with Crippen LogP contribution in [-0.4, -0.2) is 54.2 Å². The zero-order valence-electron chi connectivity index (χ0n) is 21.1. The van der Waals surface area contributed by atoms with Gasteiger partial charge in [-0.1, -0.05) is 12.5 Å². The molecule has 3 heterocycles.